The van der Waals surface area contributed by atoms with E-state index in [1.54, 1.807) is 32.2 Å². The Kier molecular flexibility index (Phi) is 5.47. The van der Waals surface area contributed by atoms with Crippen LogP contribution in [0.25, 0.3) is 0 Å². The third kappa shape index (κ3) is 4.52. The Hall–Kier alpha value is -2.96. The third-order valence-corrected chi connectivity index (χ3v) is 3.40. The first-order valence-corrected chi connectivity index (χ1v) is 7.23. The zero-order valence-electron chi connectivity index (χ0n) is 13.4. The summed E-state index contributed by atoms with van der Waals surface area (Å²) < 4.78 is 18.5. The molecule has 0 spiro atoms. The van der Waals surface area contributed by atoms with Crippen molar-refractivity contribution in [1.82, 2.24) is 4.90 Å². The number of benzene rings is 2. The highest BCUT2D eigenvalue weighted by molar-refractivity contribution is 5.77. The van der Waals surface area contributed by atoms with Crippen molar-refractivity contribution in [3.63, 3.8) is 0 Å². The SMILES string of the molecule is Cc1ccc([N+](=O)[O-])c(OCC(=O)N(C)Cc2cccc(F)c2)c1. The molecule has 0 N–H and O–H groups in total. The van der Waals surface area contributed by atoms with E-state index in [0.29, 0.717) is 5.56 Å². The Bertz CT molecular complexity index is 764. The zero-order chi connectivity index (χ0) is 17.7. The normalized spacial score (nSPS) is 10.3. The van der Waals surface area contributed by atoms with Gasteiger partial charge in [-0.2, -0.15) is 0 Å². The fourth-order valence-electron chi connectivity index (χ4n) is 2.13. The monoisotopic (exact) mass is 332 g/mol. The highest BCUT2D eigenvalue weighted by atomic mass is 19.1. The quantitative estimate of drug-likeness (QED) is 0.602. The molecule has 0 saturated heterocycles. The molecule has 7 heteroatoms. The van der Waals surface area contributed by atoms with Gasteiger partial charge in [0, 0.05) is 19.7 Å². The maximum absolute atomic E-state index is 13.2. The molecule has 126 valence electrons. The van der Waals surface area contributed by atoms with E-state index in [1.165, 1.54) is 29.2 Å². The molecule has 6 nitrogen and oxygen atoms in total. The molecule has 0 bridgehead atoms. The van der Waals surface area contributed by atoms with Gasteiger partial charge in [-0.3, -0.25) is 14.9 Å². The highest BCUT2D eigenvalue weighted by Gasteiger charge is 2.17. The summed E-state index contributed by atoms with van der Waals surface area (Å²) in [5.74, 6) is -0.692. The van der Waals surface area contributed by atoms with Gasteiger partial charge in [-0.25, -0.2) is 4.39 Å². The van der Waals surface area contributed by atoms with Crippen LogP contribution in [-0.2, 0) is 11.3 Å². The van der Waals surface area contributed by atoms with Gasteiger partial charge in [-0.15, -0.1) is 0 Å². The lowest BCUT2D eigenvalue weighted by molar-refractivity contribution is -0.385. The van der Waals surface area contributed by atoms with Gasteiger partial charge in [0.1, 0.15) is 5.82 Å². The smallest absolute Gasteiger partial charge is 0.310 e. The van der Waals surface area contributed by atoms with Gasteiger partial charge >= 0.3 is 5.69 Å². The Balaban J connectivity index is 2.00. The number of nitrogens with zero attached hydrogens (tertiary/aromatic N) is 2. The number of likely N-dealkylation sites (N-methyl/N-ethyl adjacent to an activating group) is 1. The number of hydrogen-bond acceptors (Lipinski definition) is 4. The fraction of sp³-hybridized carbons (Fsp3) is 0.235. The van der Waals surface area contributed by atoms with Gasteiger partial charge < -0.3 is 9.64 Å². The Morgan fingerprint density at radius 3 is 2.71 bits per heavy atom. The van der Waals surface area contributed by atoms with Crippen molar-refractivity contribution >= 4 is 11.6 Å². The van der Waals surface area contributed by atoms with Gasteiger partial charge in [0.05, 0.1) is 4.92 Å². The molecule has 2 rings (SSSR count). The predicted molar refractivity (Wildman–Crippen MR) is 86.2 cm³/mol. The molecule has 0 unspecified atom stereocenters. The van der Waals surface area contributed by atoms with Gasteiger partial charge in [-0.05, 0) is 36.2 Å². The van der Waals surface area contributed by atoms with Crippen LogP contribution in [0.5, 0.6) is 5.75 Å². The second kappa shape index (κ2) is 7.54. The van der Waals surface area contributed by atoms with Crippen molar-refractivity contribution in [2.75, 3.05) is 13.7 Å². The summed E-state index contributed by atoms with van der Waals surface area (Å²) >= 11 is 0. The van der Waals surface area contributed by atoms with Crippen LogP contribution in [0, 0.1) is 22.9 Å². The number of nitro groups is 1. The first-order chi connectivity index (χ1) is 11.4. The summed E-state index contributed by atoms with van der Waals surface area (Å²) in [6, 6.07) is 10.4. The molecule has 0 aliphatic carbocycles. The molecule has 2 aromatic carbocycles. The molecule has 0 fully saturated rings. The number of amides is 1. The number of aryl methyl sites for hydroxylation is 1. The van der Waals surface area contributed by atoms with Crippen LogP contribution in [-0.4, -0.2) is 29.4 Å². The largest absolute Gasteiger partial charge is 0.477 e. The van der Waals surface area contributed by atoms with Crippen molar-refractivity contribution in [3.8, 4) is 5.75 Å². The molecule has 0 heterocycles. The van der Waals surface area contributed by atoms with Crippen molar-refractivity contribution in [2.45, 2.75) is 13.5 Å². The minimum Gasteiger partial charge on any atom is -0.477 e. The minimum absolute atomic E-state index is 0.0486. The maximum Gasteiger partial charge on any atom is 0.310 e. The lowest BCUT2D eigenvalue weighted by Crippen LogP contribution is -2.31. The van der Waals surface area contributed by atoms with Gasteiger partial charge in [-0.1, -0.05) is 18.2 Å². The van der Waals surface area contributed by atoms with E-state index in [1.807, 2.05) is 0 Å². The van der Waals surface area contributed by atoms with Crippen LogP contribution in [0.15, 0.2) is 42.5 Å². The standard InChI is InChI=1S/C17H17FN2O4/c1-12-6-7-15(20(22)23)16(8-12)24-11-17(21)19(2)10-13-4-3-5-14(18)9-13/h3-9H,10-11H2,1-2H3. The van der Waals surface area contributed by atoms with Gasteiger partial charge in [0.25, 0.3) is 5.91 Å². The predicted octanol–water partition coefficient (Wildman–Crippen LogP) is 3.08. The number of rotatable bonds is 6. The Morgan fingerprint density at radius 2 is 2.04 bits per heavy atom. The molecule has 2 aromatic rings. The van der Waals surface area contributed by atoms with E-state index in [9.17, 15) is 19.3 Å². The van der Waals surface area contributed by atoms with Crippen LogP contribution in [0.4, 0.5) is 10.1 Å². The summed E-state index contributed by atoms with van der Waals surface area (Å²) in [5, 5.41) is 11.0. The second-order valence-electron chi connectivity index (χ2n) is 5.40. The summed E-state index contributed by atoms with van der Waals surface area (Å²) in [6.45, 7) is 1.65. The highest BCUT2D eigenvalue weighted by Crippen LogP contribution is 2.27. The molecule has 0 aromatic heterocycles. The van der Waals surface area contributed by atoms with Crippen LogP contribution in [0.2, 0.25) is 0 Å². The second-order valence-corrected chi connectivity index (χ2v) is 5.40. The van der Waals surface area contributed by atoms with Crippen molar-refractivity contribution in [2.24, 2.45) is 0 Å². The number of carbonyl (C=O) groups excluding carboxylic acids is 1. The van der Waals surface area contributed by atoms with Crippen molar-refractivity contribution < 1.29 is 18.8 Å². The molecule has 0 radical (unpaired) electrons. The van der Waals surface area contributed by atoms with E-state index in [2.05, 4.69) is 0 Å². The molecule has 0 atom stereocenters. The molecule has 0 aliphatic rings. The van der Waals surface area contributed by atoms with E-state index in [4.69, 9.17) is 4.74 Å². The summed E-state index contributed by atoms with van der Waals surface area (Å²) in [4.78, 5) is 23.9. The number of ether oxygens (including phenoxy) is 1. The maximum atomic E-state index is 13.2. The third-order valence-electron chi connectivity index (χ3n) is 3.40. The Labute approximate surface area is 138 Å². The lowest BCUT2D eigenvalue weighted by Gasteiger charge is -2.17. The van der Waals surface area contributed by atoms with Crippen LogP contribution in [0.1, 0.15) is 11.1 Å². The van der Waals surface area contributed by atoms with Crippen LogP contribution in [0.3, 0.4) is 0 Å². The fourth-order valence-corrected chi connectivity index (χ4v) is 2.13. The molecule has 0 aliphatic heterocycles. The number of halogens is 1. The zero-order valence-corrected chi connectivity index (χ0v) is 13.4. The number of hydrogen-bond donors (Lipinski definition) is 0. The molecular formula is C17H17FN2O4. The lowest BCUT2D eigenvalue weighted by atomic mass is 10.2. The van der Waals surface area contributed by atoms with E-state index in [0.717, 1.165) is 5.56 Å². The average Bonchev–Trinajstić information content (AvgIpc) is 2.52. The summed E-state index contributed by atoms with van der Waals surface area (Å²) in [6.07, 6.45) is 0. The topological polar surface area (TPSA) is 72.7 Å². The van der Waals surface area contributed by atoms with Crippen molar-refractivity contribution in [1.29, 1.82) is 0 Å². The molecule has 24 heavy (non-hydrogen) atoms. The summed E-state index contributed by atoms with van der Waals surface area (Å²) in [5.41, 5.74) is 1.24. The Morgan fingerprint density at radius 1 is 1.29 bits per heavy atom. The summed E-state index contributed by atoms with van der Waals surface area (Å²) in [7, 11) is 1.56. The van der Waals surface area contributed by atoms with Crippen LogP contribution < -0.4 is 4.74 Å². The van der Waals surface area contributed by atoms with E-state index >= 15 is 0 Å². The minimum atomic E-state index is -0.560. The van der Waals surface area contributed by atoms with E-state index in [-0.39, 0.29) is 36.3 Å². The van der Waals surface area contributed by atoms with Crippen molar-refractivity contribution in [3.05, 3.63) is 69.5 Å². The number of nitro benzene ring substituents is 1. The number of carbonyl (C=O) groups is 1. The molecule has 0 saturated carbocycles. The van der Waals surface area contributed by atoms with Gasteiger partial charge in [0.2, 0.25) is 0 Å². The van der Waals surface area contributed by atoms with Gasteiger partial charge in [0.15, 0.2) is 12.4 Å². The molecule has 1 amide bonds. The molecular weight excluding hydrogens is 315 g/mol. The first kappa shape index (κ1) is 17.4. The average molecular weight is 332 g/mol. The van der Waals surface area contributed by atoms with E-state index < -0.39 is 4.92 Å². The first-order valence-electron chi connectivity index (χ1n) is 7.23. The van der Waals surface area contributed by atoms with Crippen LogP contribution >= 0.6 is 0 Å².